The fourth-order valence-electron chi connectivity index (χ4n) is 3.50. The molecule has 1 aromatic carbocycles. The van der Waals surface area contributed by atoms with Crippen molar-refractivity contribution in [2.45, 2.75) is 12.5 Å². The zero-order valence-corrected chi connectivity index (χ0v) is 14.2. The van der Waals surface area contributed by atoms with E-state index >= 15 is 0 Å². The maximum atomic E-state index is 12.6. The highest BCUT2D eigenvalue weighted by Crippen LogP contribution is 2.28. The van der Waals surface area contributed by atoms with E-state index in [1.54, 1.807) is 6.20 Å². The Kier molecular flexibility index (Phi) is 5.68. The summed E-state index contributed by atoms with van der Waals surface area (Å²) in [6.45, 7) is 2.80. The molecule has 5 nitrogen and oxygen atoms in total. The number of hydrogen-bond acceptors (Lipinski definition) is 3. The monoisotopic (exact) mass is 354 g/mol. The Balaban J connectivity index is 0.000000960. The number of pyridine rings is 1. The Morgan fingerprint density at radius 2 is 2.09 bits per heavy atom. The van der Waals surface area contributed by atoms with Crippen LogP contribution in [0.1, 0.15) is 6.42 Å². The molecule has 2 atom stereocenters. The summed E-state index contributed by atoms with van der Waals surface area (Å²) >= 11 is 0. The summed E-state index contributed by atoms with van der Waals surface area (Å²) in [5.41, 5.74) is 1.73. The molecule has 2 amide bonds. The van der Waals surface area contributed by atoms with Crippen LogP contribution < -0.4 is 10.6 Å². The van der Waals surface area contributed by atoms with Crippen molar-refractivity contribution in [2.24, 2.45) is 5.92 Å². The van der Waals surface area contributed by atoms with Crippen molar-refractivity contribution in [3.05, 3.63) is 36.5 Å². The van der Waals surface area contributed by atoms with Crippen LogP contribution in [0.25, 0.3) is 10.9 Å². The standard InChI is InChI=1S/C16H18N4O.2ClH/c21-16(20-8-6-11-9-17-10-15(11)20)19-14-5-1-4-13-12(14)3-2-7-18-13;;/h1-5,7,11,15,17H,6,8-10H2,(H,19,21);2*1H/t11-,15+;;/m0../s1. The van der Waals surface area contributed by atoms with Crippen LogP contribution in [-0.2, 0) is 0 Å². The van der Waals surface area contributed by atoms with Gasteiger partial charge in [0, 0.05) is 37.3 Å². The summed E-state index contributed by atoms with van der Waals surface area (Å²) in [6, 6.07) is 10.0. The Bertz CT molecular complexity index is 691. The van der Waals surface area contributed by atoms with Crippen LogP contribution in [0, 0.1) is 5.92 Å². The van der Waals surface area contributed by atoms with Crippen LogP contribution in [0.5, 0.6) is 0 Å². The van der Waals surface area contributed by atoms with Crippen LogP contribution in [-0.4, -0.2) is 41.6 Å². The van der Waals surface area contributed by atoms with Crippen molar-refractivity contribution in [2.75, 3.05) is 25.0 Å². The van der Waals surface area contributed by atoms with Gasteiger partial charge in [-0.3, -0.25) is 4.98 Å². The summed E-state index contributed by atoms with van der Waals surface area (Å²) in [4.78, 5) is 18.9. The molecule has 1 aromatic heterocycles. The Morgan fingerprint density at radius 3 is 2.96 bits per heavy atom. The van der Waals surface area contributed by atoms with Crippen LogP contribution in [0.2, 0.25) is 0 Å². The smallest absolute Gasteiger partial charge is 0.320 e. The van der Waals surface area contributed by atoms with Crippen molar-refractivity contribution in [3.63, 3.8) is 0 Å². The molecule has 2 aliphatic rings. The number of fused-ring (bicyclic) bond motifs is 2. The number of aromatic nitrogens is 1. The van der Waals surface area contributed by atoms with Crippen molar-refractivity contribution in [3.8, 4) is 0 Å². The van der Waals surface area contributed by atoms with Gasteiger partial charge in [0.25, 0.3) is 0 Å². The number of rotatable bonds is 1. The predicted octanol–water partition coefficient (Wildman–Crippen LogP) is 2.90. The number of carbonyl (C=O) groups is 1. The van der Waals surface area contributed by atoms with Gasteiger partial charge in [-0.05, 0) is 36.6 Å². The van der Waals surface area contributed by atoms with Gasteiger partial charge in [-0.15, -0.1) is 24.8 Å². The molecule has 124 valence electrons. The highest BCUT2D eigenvalue weighted by molar-refractivity contribution is 6.00. The predicted molar refractivity (Wildman–Crippen MR) is 96.7 cm³/mol. The second-order valence-electron chi connectivity index (χ2n) is 5.77. The highest BCUT2D eigenvalue weighted by Gasteiger charge is 2.39. The van der Waals surface area contributed by atoms with Gasteiger partial charge in [0.05, 0.1) is 11.2 Å². The van der Waals surface area contributed by atoms with Gasteiger partial charge in [-0.25, -0.2) is 4.79 Å². The molecule has 23 heavy (non-hydrogen) atoms. The number of amides is 2. The molecule has 3 heterocycles. The average molecular weight is 355 g/mol. The summed E-state index contributed by atoms with van der Waals surface area (Å²) in [5, 5.41) is 7.41. The molecule has 7 heteroatoms. The number of nitrogens with one attached hydrogen (secondary N) is 2. The molecule has 2 saturated heterocycles. The van der Waals surface area contributed by atoms with E-state index in [1.165, 1.54) is 0 Å². The van der Waals surface area contributed by atoms with Gasteiger partial charge in [0.1, 0.15) is 0 Å². The minimum atomic E-state index is 0. The molecule has 0 radical (unpaired) electrons. The van der Waals surface area contributed by atoms with Gasteiger partial charge in [-0.1, -0.05) is 6.07 Å². The number of likely N-dealkylation sites (tertiary alicyclic amines) is 1. The third-order valence-electron chi connectivity index (χ3n) is 4.59. The summed E-state index contributed by atoms with van der Waals surface area (Å²) in [5.74, 6) is 0.616. The first-order chi connectivity index (χ1) is 10.3. The zero-order valence-electron chi connectivity index (χ0n) is 12.6. The van der Waals surface area contributed by atoms with E-state index in [1.807, 2.05) is 35.2 Å². The largest absolute Gasteiger partial charge is 0.322 e. The molecule has 2 fully saturated rings. The second-order valence-corrected chi connectivity index (χ2v) is 5.77. The molecule has 2 aromatic rings. The van der Waals surface area contributed by atoms with Gasteiger partial charge in [-0.2, -0.15) is 0 Å². The number of urea groups is 1. The van der Waals surface area contributed by atoms with Crippen LogP contribution >= 0.6 is 24.8 Å². The molecule has 2 N–H and O–H groups in total. The number of halogens is 2. The van der Waals surface area contributed by atoms with E-state index < -0.39 is 0 Å². The number of benzene rings is 1. The minimum Gasteiger partial charge on any atom is -0.320 e. The summed E-state index contributed by atoms with van der Waals surface area (Å²) in [6.07, 6.45) is 2.87. The topological polar surface area (TPSA) is 57.3 Å². The Labute approximate surface area is 147 Å². The first-order valence-electron chi connectivity index (χ1n) is 7.45. The van der Waals surface area contributed by atoms with Gasteiger partial charge in [0.2, 0.25) is 0 Å². The lowest BCUT2D eigenvalue weighted by molar-refractivity contribution is 0.206. The zero-order chi connectivity index (χ0) is 14.2. The van der Waals surface area contributed by atoms with Crippen molar-refractivity contribution < 1.29 is 4.79 Å². The minimum absolute atomic E-state index is 0. The number of nitrogens with zero attached hydrogens (tertiary/aromatic N) is 2. The number of carbonyl (C=O) groups excluding carboxylic acids is 1. The Morgan fingerprint density at radius 1 is 1.22 bits per heavy atom. The first-order valence-corrected chi connectivity index (χ1v) is 7.45. The van der Waals surface area contributed by atoms with Crippen LogP contribution in [0.15, 0.2) is 36.5 Å². The van der Waals surface area contributed by atoms with Crippen LogP contribution in [0.4, 0.5) is 10.5 Å². The maximum absolute atomic E-state index is 12.6. The van der Waals surface area contributed by atoms with Crippen molar-refractivity contribution in [1.82, 2.24) is 15.2 Å². The molecule has 2 aliphatic heterocycles. The molecular formula is C16H20Cl2N4O. The van der Waals surface area contributed by atoms with Crippen molar-refractivity contribution in [1.29, 1.82) is 0 Å². The quantitative estimate of drug-likeness (QED) is 0.827. The lowest BCUT2D eigenvalue weighted by Crippen LogP contribution is -2.41. The molecule has 0 bridgehead atoms. The van der Waals surface area contributed by atoms with E-state index in [0.29, 0.717) is 12.0 Å². The van der Waals surface area contributed by atoms with E-state index in [9.17, 15) is 4.79 Å². The average Bonchev–Trinajstić information content (AvgIpc) is 3.10. The lowest BCUT2D eigenvalue weighted by Gasteiger charge is -2.24. The van der Waals surface area contributed by atoms with E-state index in [4.69, 9.17) is 0 Å². The third-order valence-corrected chi connectivity index (χ3v) is 4.59. The van der Waals surface area contributed by atoms with E-state index in [-0.39, 0.29) is 30.8 Å². The summed E-state index contributed by atoms with van der Waals surface area (Å²) in [7, 11) is 0. The van der Waals surface area contributed by atoms with Gasteiger partial charge < -0.3 is 15.5 Å². The SMILES string of the molecule is Cl.Cl.O=C(Nc1cccc2ncccc12)N1CC[C@H]2CNC[C@H]21. The number of hydrogen-bond donors (Lipinski definition) is 2. The van der Waals surface area contributed by atoms with Crippen molar-refractivity contribution >= 4 is 47.4 Å². The highest BCUT2D eigenvalue weighted by atomic mass is 35.5. The second kappa shape index (κ2) is 7.34. The first kappa shape index (κ1) is 17.8. The maximum Gasteiger partial charge on any atom is 0.322 e. The molecule has 4 rings (SSSR count). The van der Waals surface area contributed by atoms with Gasteiger partial charge in [0.15, 0.2) is 0 Å². The van der Waals surface area contributed by atoms with E-state index in [2.05, 4.69) is 15.6 Å². The van der Waals surface area contributed by atoms with Gasteiger partial charge >= 0.3 is 6.03 Å². The normalized spacial score (nSPS) is 22.2. The van der Waals surface area contributed by atoms with Crippen LogP contribution in [0.3, 0.4) is 0 Å². The lowest BCUT2D eigenvalue weighted by atomic mass is 10.1. The molecule has 0 aliphatic carbocycles. The Hall–Kier alpha value is -1.56. The summed E-state index contributed by atoms with van der Waals surface area (Å²) < 4.78 is 0. The molecular weight excluding hydrogens is 335 g/mol. The third kappa shape index (κ3) is 3.22. The molecule has 0 spiro atoms. The molecule has 0 saturated carbocycles. The fourth-order valence-corrected chi connectivity index (χ4v) is 3.50. The fraction of sp³-hybridized carbons (Fsp3) is 0.375. The van der Waals surface area contributed by atoms with E-state index in [0.717, 1.165) is 42.6 Å². The molecule has 0 unspecified atom stereocenters. The number of anilines is 1.